The summed E-state index contributed by atoms with van der Waals surface area (Å²) in [6.07, 6.45) is 0.782. The van der Waals surface area contributed by atoms with Gasteiger partial charge in [0.15, 0.2) is 11.5 Å². The number of rotatable bonds is 7. The minimum Gasteiger partial charge on any atom is -0.493 e. The van der Waals surface area contributed by atoms with Crippen molar-refractivity contribution in [1.82, 2.24) is 10.2 Å². The van der Waals surface area contributed by atoms with Crippen molar-refractivity contribution in [2.24, 2.45) is 0 Å². The molecule has 4 rings (SSSR count). The number of benzene rings is 2. The van der Waals surface area contributed by atoms with E-state index in [1.807, 2.05) is 12.1 Å². The maximum Gasteiger partial charge on any atom is 0.233 e. The molecule has 1 N–H and O–H groups in total. The average molecular weight is 443 g/mol. The Balaban J connectivity index is 1.47. The fourth-order valence-corrected chi connectivity index (χ4v) is 5.52. The molecule has 2 aliphatic heterocycles. The lowest BCUT2D eigenvalue weighted by molar-refractivity contribution is -0.120. The summed E-state index contributed by atoms with van der Waals surface area (Å²) in [5.41, 5.74) is 3.59. The van der Waals surface area contributed by atoms with E-state index in [0.717, 1.165) is 25.1 Å². The van der Waals surface area contributed by atoms with Crippen LogP contribution in [0, 0.1) is 6.92 Å². The first kappa shape index (κ1) is 22.0. The molecular formula is C24H30N2O4S. The number of morpholine rings is 1. The number of nitrogens with one attached hydrogen (secondary N) is 1. The lowest BCUT2D eigenvalue weighted by Crippen LogP contribution is -2.45. The second kappa shape index (κ2) is 9.94. The largest absolute Gasteiger partial charge is 0.493 e. The molecule has 7 heteroatoms. The van der Waals surface area contributed by atoms with Gasteiger partial charge in [0.2, 0.25) is 5.91 Å². The molecule has 0 spiro atoms. The number of amides is 1. The summed E-state index contributed by atoms with van der Waals surface area (Å²) in [6, 6.07) is 12.5. The zero-order valence-electron chi connectivity index (χ0n) is 18.3. The van der Waals surface area contributed by atoms with Crippen LogP contribution in [0.3, 0.4) is 0 Å². The minimum atomic E-state index is -0.0763. The van der Waals surface area contributed by atoms with E-state index in [4.69, 9.17) is 14.2 Å². The number of ether oxygens (including phenoxy) is 3. The zero-order valence-corrected chi connectivity index (χ0v) is 19.2. The first-order valence-corrected chi connectivity index (χ1v) is 11.5. The number of carbonyl (C=O) groups is 1. The van der Waals surface area contributed by atoms with Gasteiger partial charge in [0, 0.05) is 24.5 Å². The van der Waals surface area contributed by atoms with Crippen LogP contribution in [0.15, 0.2) is 41.3 Å². The monoisotopic (exact) mass is 442 g/mol. The van der Waals surface area contributed by atoms with Crippen molar-refractivity contribution in [2.45, 2.75) is 29.5 Å². The third kappa shape index (κ3) is 5.00. The van der Waals surface area contributed by atoms with E-state index in [-0.39, 0.29) is 17.2 Å². The van der Waals surface area contributed by atoms with Gasteiger partial charge in [0.05, 0.1) is 38.7 Å². The van der Waals surface area contributed by atoms with E-state index in [1.54, 1.807) is 26.0 Å². The van der Waals surface area contributed by atoms with E-state index in [0.29, 0.717) is 31.3 Å². The summed E-state index contributed by atoms with van der Waals surface area (Å²) in [5.74, 6) is 1.49. The maximum atomic E-state index is 13.0. The molecule has 0 radical (unpaired) electrons. The Bertz CT molecular complexity index is 930. The summed E-state index contributed by atoms with van der Waals surface area (Å²) in [5, 5.41) is 3.15. The number of nitrogens with zero attached hydrogens (tertiary/aromatic N) is 1. The van der Waals surface area contributed by atoms with Gasteiger partial charge in [-0.05, 0) is 42.7 Å². The Morgan fingerprint density at radius 3 is 2.68 bits per heavy atom. The molecule has 2 aliphatic rings. The predicted molar refractivity (Wildman–Crippen MR) is 122 cm³/mol. The van der Waals surface area contributed by atoms with Gasteiger partial charge < -0.3 is 19.5 Å². The molecule has 166 valence electrons. The van der Waals surface area contributed by atoms with Crippen LogP contribution in [-0.2, 0) is 16.0 Å². The SMILES string of the molecule is COc1ccc(C(CNC(=O)C2Cc3ccc(C)cc3S2)N2CCOCC2)cc1OC. The van der Waals surface area contributed by atoms with E-state index < -0.39 is 0 Å². The molecule has 31 heavy (non-hydrogen) atoms. The van der Waals surface area contributed by atoms with Gasteiger partial charge in [-0.1, -0.05) is 23.8 Å². The molecule has 1 fully saturated rings. The molecule has 0 bridgehead atoms. The molecule has 2 unspecified atom stereocenters. The second-order valence-corrected chi connectivity index (χ2v) is 9.19. The number of aryl methyl sites for hydroxylation is 1. The lowest BCUT2D eigenvalue weighted by Gasteiger charge is -2.35. The standard InChI is InChI=1S/C24H30N2O4S/c1-16-4-5-18-14-23(31-22(18)12-16)24(27)25-15-19(26-8-10-30-11-9-26)17-6-7-20(28-2)21(13-17)29-3/h4-7,12-13,19,23H,8-11,14-15H2,1-3H3,(H,25,27). The highest BCUT2D eigenvalue weighted by molar-refractivity contribution is 8.01. The summed E-state index contributed by atoms with van der Waals surface area (Å²) >= 11 is 1.67. The van der Waals surface area contributed by atoms with Gasteiger partial charge in [-0.2, -0.15) is 0 Å². The summed E-state index contributed by atoms with van der Waals surface area (Å²) in [4.78, 5) is 16.6. The predicted octanol–water partition coefficient (Wildman–Crippen LogP) is 3.22. The second-order valence-electron chi connectivity index (χ2n) is 7.95. The van der Waals surface area contributed by atoms with Gasteiger partial charge in [-0.25, -0.2) is 0 Å². The molecule has 0 aliphatic carbocycles. The van der Waals surface area contributed by atoms with Crippen LogP contribution in [0.5, 0.6) is 11.5 Å². The van der Waals surface area contributed by atoms with E-state index in [9.17, 15) is 4.79 Å². The van der Waals surface area contributed by atoms with Crippen LogP contribution in [-0.4, -0.2) is 63.1 Å². The summed E-state index contributed by atoms with van der Waals surface area (Å²) < 4.78 is 16.4. The highest BCUT2D eigenvalue weighted by Gasteiger charge is 2.30. The molecule has 2 atom stereocenters. The smallest absolute Gasteiger partial charge is 0.233 e. The van der Waals surface area contributed by atoms with Gasteiger partial charge in [-0.15, -0.1) is 11.8 Å². The van der Waals surface area contributed by atoms with Crippen molar-refractivity contribution in [1.29, 1.82) is 0 Å². The van der Waals surface area contributed by atoms with E-state index in [2.05, 4.69) is 41.4 Å². The fourth-order valence-electron chi connectivity index (χ4n) is 4.20. The first-order chi connectivity index (χ1) is 15.1. The molecule has 1 amide bonds. The van der Waals surface area contributed by atoms with Gasteiger partial charge in [-0.3, -0.25) is 9.69 Å². The third-order valence-electron chi connectivity index (χ3n) is 5.94. The van der Waals surface area contributed by atoms with E-state index in [1.165, 1.54) is 16.0 Å². The van der Waals surface area contributed by atoms with Crippen molar-refractivity contribution in [2.75, 3.05) is 47.1 Å². The van der Waals surface area contributed by atoms with Crippen molar-refractivity contribution in [3.05, 3.63) is 53.1 Å². The number of carbonyl (C=O) groups excluding carboxylic acids is 1. The molecule has 0 aromatic heterocycles. The average Bonchev–Trinajstić information content (AvgIpc) is 3.23. The van der Waals surface area contributed by atoms with Crippen molar-refractivity contribution in [3.63, 3.8) is 0 Å². The zero-order chi connectivity index (χ0) is 21.8. The number of thioether (sulfide) groups is 1. The van der Waals surface area contributed by atoms with Crippen molar-refractivity contribution >= 4 is 17.7 Å². The number of methoxy groups -OCH3 is 2. The van der Waals surface area contributed by atoms with Crippen LogP contribution >= 0.6 is 11.8 Å². The fraction of sp³-hybridized carbons (Fsp3) is 0.458. The van der Waals surface area contributed by atoms with Gasteiger partial charge in [0.25, 0.3) is 0 Å². The molecule has 2 aromatic rings. The molecule has 6 nitrogen and oxygen atoms in total. The molecule has 2 aromatic carbocycles. The normalized spacial score (nSPS) is 19.5. The van der Waals surface area contributed by atoms with Crippen LogP contribution in [0.1, 0.15) is 22.7 Å². The van der Waals surface area contributed by atoms with Gasteiger partial charge in [0.1, 0.15) is 0 Å². The number of hydrogen-bond acceptors (Lipinski definition) is 6. The highest BCUT2D eigenvalue weighted by Crippen LogP contribution is 2.38. The Morgan fingerprint density at radius 2 is 1.94 bits per heavy atom. The Morgan fingerprint density at radius 1 is 1.16 bits per heavy atom. The number of hydrogen-bond donors (Lipinski definition) is 1. The van der Waals surface area contributed by atoms with Crippen LogP contribution < -0.4 is 14.8 Å². The van der Waals surface area contributed by atoms with Crippen LogP contribution in [0.2, 0.25) is 0 Å². The molecule has 2 heterocycles. The molecule has 0 saturated carbocycles. The van der Waals surface area contributed by atoms with Gasteiger partial charge >= 0.3 is 0 Å². The van der Waals surface area contributed by atoms with Crippen molar-refractivity contribution in [3.8, 4) is 11.5 Å². The maximum absolute atomic E-state index is 13.0. The Hall–Kier alpha value is -2.22. The van der Waals surface area contributed by atoms with Crippen LogP contribution in [0.25, 0.3) is 0 Å². The highest BCUT2D eigenvalue weighted by atomic mass is 32.2. The third-order valence-corrected chi connectivity index (χ3v) is 7.24. The van der Waals surface area contributed by atoms with E-state index >= 15 is 0 Å². The Kier molecular flexibility index (Phi) is 7.05. The first-order valence-electron chi connectivity index (χ1n) is 10.7. The molecule has 1 saturated heterocycles. The van der Waals surface area contributed by atoms with Crippen LogP contribution in [0.4, 0.5) is 0 Å². The molecular weight excluding hydrogens is 412 g/mol. The number of fused-ring (bicyclic) bond motifs is 1. The summed E-state index contributed by atoms with van der Waals surface area (Å²) in [7, 11) is 3.28. The quantitative estimate of drug-likeness (QED) is 0.711. The van der Waals surface area contributed by atoms with Crippen molar-refractivity contribution < 1.29 is 19.0 Å². The minimum absolute atomic E-state index is 0.0451. The Labute approximate surface area is 188 Å². The topological polar surface area (TPSA) is 60.0 Å². The lowest BCUT2D eigenvalue weighted by atomic mass is 10.0. The summed E-state index contributed by atoms with van der Waals surface area (Å²) in [6.45, 7) is 5.69.